The molecule has 2 aliphatic rings. The monoisotopic (exact) mass is 302 g/mol. The van der Waals surface area contributed by atoms with E-state index in [-0.39, 0.29) is 30.2 Å². The van der Waals surface area contributed by atoms with Crippen LogP contribution in [-0.4, -0.2) is 41.2 Å². The Balaban J connectivity index is 1.64. The summed E-state index contributed by atoms with van der Waals surface area (Å²) in [5.41, 5.74) is 1.19. The van der Waals surface area contributed by atoms with Gasteiger partial charge in [0.15, 0.2) is 5.76 Å². The van der Waals surface area contributed by atoms with Crippen LogP contribution in [0.3, 0.4) is 0 Å². The quantitative estimate of drug-likeness (QED) is 0.809. The molecule has 1 fully saturated rings. The summed E-state index contributed by atoms with van der Waals surface area (Å²) in [5.74, 6) is 0.0935. The van der Waals surface area contributed by atoms with Gasteiger partial charge in [-0.05, 0) is 35.6 Å². The van der Waals surface area contributed by atoms with Crippen molar-refractivity contribution in [2.75, 3.05) is 19.6 Å². The standard InChI is InChI=1S/C15H14N2O3S/c18-14-9-16(15(19)12-2-1-6-20-12)8-11-10-4-7-21-13(10)3-5-17(11)14/h1-2,4,6-7,11H,3,5,8-9H2. The van der Waals surface area contributed by atoms with Crippen LogP contribution in [-0.2, 0) is 11.2 Å². The Morgan fingerprint density at radius 2 is 2.29 bits per heavy atom. The van der Waals surface area contributed by atoms with Crippen LogP contribution < -0.4 is 0 Å². The number of nitrogens with zero attached hydrogens (tertiary/aromatic N) is 2. The Morgan fingerprint density at radius 3 is 3.10 bits per heavy atom. The fourth-order valence-electron chi connectivity index (χ4n) is 3.13. The van der Waals surface area contributed by atoms with Gasteiger partial charge in [0, 0.05) is 18.0 Å². The molecule has 2 aliphatic heterocycles. The average molecular weight is 302 g/mol. The first-order chi connectivity index (χ1) is 10.2. The smallest absolute Gasteiger partial charge is 0.290 e. The molecule has 0 aromatic carbocycles. The molecule has 6 heteroatoms. The molecule has 0 N–H and O–H groups in total. The van der Waals surface area contributed by atoms with E-state index in [2.05, 4.69) is 11.4 Å². The van der Waals surface area contributed by atoms with E-state index in [1.54, 1.807) is 28.4 Å². The molecular formula is C15H14N2O3S. The van der Waals surface area contributed by atoms with Crippen LogP contribution in [0.15, 0.2) is 34.3 Å². The highest BCUT2D eigenvalue weighted by molar-refractivity contribution is 7.10. The van der Waals surface area contributed by atoms with Crippen molar-refractivity contribution in [1.29, 1.82) is 0 Å². The lowest BCUT2D eigenvalue weighted by atomic mass is 9.97. The first-order valence-corrected chi connectivity index (χ1v) is 7.80. The van der Waals surface area contributed by atoms with E-state index in [0.717, 1.165) is 13.0 Å². The van der Waals surface area contributed by atoms with E-state index < -0.39 is 0 Å². The minimum absolute atomic E-state index is 0.0137. The summed E-state index contributed by atoms with van der Waals surface area (Å²) in [6.07, 6.45) is 2.39. The molecule has 2 amide bonds. The van der Waals surface area contributed by atoms with Crippen molar-refractivity contribution in [3.05, 3.63) is 46.0 Å². The molecule has 0 aliphatic carbocycles. The predicted octanol–water partition coefficient (Wildman–Crippen LogP) is 1.92. The Labute approximate surface area is 125 Å². The summed E-state index contributed by atoms with van der Waals surface area (Å²) >= 11 is 1.73. The lowest BCUT2D eigenvalue weighted by molar-refractivity contribution is -0.139. The molecule has 4 rings (SSSR count). The molecule has 1 saturated heterocycles. The largest absolute Gasteiger partial charge is 0.459 e. The minimum atomic E-state index is -0.213. The molecule has 2 aromatic rings. The molecule has 1 atom stereocenters. The highest BCUT2D eigenvalue weighted by Crippen LogP contribution is 2.36. The van der Waals surface area contributed by atoms with Crippen LogP contribution in [0.5, 0.6) is 0 Å². The Hall–Kier alpha value is -2.08. The van der Waals surface area contributed by atoms with Crippen molar-refractivity contribution in [3.63, 3.8) is 0 Å². The molecule has 108 valence electrons. The van der Waals surface area contributed by atoms with Crippen LogP contribution in [0.1, 0.15) is 27.0 Å². The van der Waals surface area contributed by atoms with Gasteiger partial charge < -0.3 is 14.2 Å². The third-order valence-corrected chi connectivity index (χ3v) is 5.15. The normalized spacial score (nSPS) is 21.1. The van der Waals surface area contributed by atoms with E-state index in [1.807, 2.05) is 4.90 Å². The Bertz CT molecular complexity index is 692. The fourth-order valence-corrected chi connectivity index (χ4v) is 4.06. The lowest BCUT2D eigenvalue weighted by Gasteiger charge is -2.43. The second-order valence-electron chi connectivity index (χ2n) is 5.32. The van der Waals surface area contributed by atoms with Crippen LogP contribution in [0.4, 0.5) is 0 Å². The number of rotatable bonds is 1. The topological polar surface area (TPSA) is 53.8 Å². The van der Waals surface area contributed by atoms with Crippen LogP contribution in [0.25, 0.3) is 0 Å². The molecular weight excluding hydrogens is 288 g/mol. The third kappa shape index (κ3) is 1.98. The van der Waals surface area contributed by atoms with E-state index in [1.165, 1.54) is 16.7 Å². The molecule has 0 radical (unpaired) electrons. The van der Waals surface area contributed by atoms with Crippen molar-refractivity contribution in [2.24, 2.45) is 0 Å². The zero-order valence-corrected chi connectivity index (χ0v) is 12.1. The van der Waals surface area contributed by atoms with Gasteiger partial charge in [-0.15, -0.1) is 11.3 Å². The first-order valence-electron chi connectivity index (χ1n) is 6.92. The molecule has 21 heavy (non-hydrogen) atoms. The summed E-state index contributed by atoms with van der Waals surface area (Å²) in [6.45, 7) is 1.42. The van der Waals surface area contributed by atoms with Crippen LogP contribution in [0, 0.1) is 0 Å². The van der Waals surface area contributed by atoms with Gasteiger partial charge in [0.25, 0.3) is 5.91 Å². The maximum absolute atomic E-state index is 12.4. The number of fused-ring (bicyclic) bond motifs is 3. The second kappa shape index (κ2) is 4.73. The fraction of sp³-hybridized carbons (Fsp3) is 0.333. The number of amides is 2. The summed E-state index contributed by atoms with van der Waals surface area (Å²) in [6, 6.07) is 5.38. The minimum Gasteiger partial charge on any atom is -0.459 e. The summed E-state index contributed by atoms with van der Waals surface area (Å²) in [7, 11) is 0. The van der Waals surface area contributed by atoms with Crippen molar-refractivity contribution in [2.45, 2.75) is 12.5 Å². The number of hydrogen-bond donors (Lipinski definition) is 0. The molecule has 2 aromatic heterocycles. The zero-order chi connectivity index (χ0) is 14.4. The van der Waals surface area contributed by atoms with E-state index in [9.17, 15) is 9.59 Å². The van der Waals surface area contributed by atoms with E-state index in [0.29, 0.717) is 6.54 Å². The number of carbonyl (C=O) groups is 2. The SMILES string of the molecule is O=C(c1ccco1)N1CC(=O)N2CCc3sccc3C2C1. The van der Waals surface area contributed by atoms with Crippen molar-refractivity contribution in [1.82, 2.24) is 9.80 Å². The maximum atomic E-state index is 12.4. The molecule has 1 unspecified atom stereocenters. The van der Waals surface area contributed by atoms with Gasteiger partial charge in [-0.2, -0.15) is 0 Å². The number of thiophene rings is 1. The molecule has 0 bridgehead atoms. The highest BCUT2D eigenvalue weighted by atomic mass is 32.1. The van der Waals surface area contributed by atoms with E-state index >= 15 is 0 Å². The van der Waals surface area contributed by atoms with Crippen molar-refractivity contribution in [3.8, 4) is 0 Å². The van der Waals surface area contributed by atoms with Crippen molar-refractivity contribution < 1.29 is 14.0 Å². The number of furan rings is 1. The highest BCUT2D eigenvalue weighted by Gasteiger charge is 2.39. The third-order valence-electron chi connectivity index (χ3n) is 4.15. The number of piperazine rings is 1. The molecule has 0 spiro atoms. The van der Waals surface area contributed by atoms with Gasteiger partial charge in [0.2, 0.25) is 5.91 Å². The zero-order valence-electron chi connectivity index (χ0n) is 11.3. The Kier molecular flexibility index (Phi) is 2.85. The molecule has 4 heterocycles. The van der Waals surface area contributed by atoms with Gasteiger partial charge in [-0.25, -0.2) is 0 Å². The van der Waals surface area contributed by atoms with Crippen LogP contribution >= 0.6 is 11.3 Å². The molecule has 0 saturated carbocycles. The summed E-state index contributed by atoms with van der Waals surface area (Å²) < 4.78 is 5.16. The first kappa shape index (κ1) is 12.6. The summed E-state index contributed by atoms with van der Waals surface area (Å²) in [4.78, 5) is 29.6. The Morgan fingerprint density at radius 1 is 1.38 bits per heavy atom. The predicted molar refractivity (Wildman–Crippen MR) is 77.1 cm³/mol. The van der Waals surface area contributed by atoms with Gasteiger partial charge in [-0.1, -0.05) is 0 Å². The number of hydrogen-bond acceptors (Lipinski definition) is 4. The van der Waals surface area contributed by atoms with Crippen molar-refractivity contribution >= 4 is 23.2 Å². The average Bonchev–Trinajstić information content (AvgIpc) is 3.17. The summed E-state index contributed by atoms with van der Waals surface area (Å²) in [5, 5.41) is 2.06. The van der Waals surface area contributed by atoms with Gasteiger partial charge in [-0.3, -0.25) is 9.59 Å². The number of carbonyl (C=O) groups excluding carboxylic acids is 2. The van der Waals surface area contributed by atoms with Crippen LogP contribution in [0.2, 0.25) is 0 Å². The lowest BCUT2D eigenvalue weighted by Crippen LogP contribution is -2.55. The maximum Gasteiger partial charge on any atom is 0.290 e. The van der Waals surface area contributed by atoms with Gasteiger partial charge >= 0.3 is 0 Å². The van der Waals surface area contributed by atoms with Gasteiger partial charge in [0.05, 0.1) is 12.3 Å². The van der Waals surface area contributed by atoms with E-state index in [4.69, 9.17) is 4.42 Å². The van der Waals surface area contributed by atoms with Gasteiger partial charge in [0.1, 0.15) is 6.54 Å². The molecule has 5 nitrogen and oxygen atoms in total. The second-order valence-corrected chi connectivity index (χ2v) is 6.32.